The van der Waals surface area contributed by atoms with E-state index in [1.165, 1.54) is 6.26 Å². The first kappa shape index (κ1) is 19.0. The van der Waals surface area contributed by atoms with Gasteiger partial charge in [-0.25, -0.2) is 4.79 Å². The van der Waals surface area contributed by atoms with E-state index in [9.17, 15) is 9.90 Å². The van der Waals surface area contributed by atoms with Crippen molar-refractivity contribution < 1.29 is 14.3 Å². The molecule has 2 amide bonds. The molecule has 2 aromatic rings. The molecule has 0 saturated heterocycles. The Morgan fingerprint density at radius 1 is 1.24 bits per heavy atom. The molecule has 0 aliphatic carbocycles. The highest BCUT2D eigenvalue weighted by Gasteiger charge is 2.27. The quantitative estimate of drug-likeness (QED) is 0.683. The van der Waals surface area contributed by atoms with Gasteiger partial charge >= 0.3 is 6.03 Å². The van der Waals surface area contributed by atoms with Crippen LogP contribution in [0, 0.1) is 0 Å². The smallest absolute Gasteiger partial charge is 0.315 e. The summed E-state index contributed by atoms with van der Waals surface area (Å²) in [5.41, 5.74) is -0.0886. The summed E-state index contributed by atoms with van der Waals surface area (Å²) in [6.07, 6.45) is 2.23. The lowest BCUT2D eigenvalue weighted by molar-refractivity contribution is 0.0366. The lowest BCUT2D eigenvalue weighted by Crippen LogP contribution is -2.50. The average molecular weight is 345 g/mol. The Balaban J connectivity index is 1.90. The molecule has 2 unspecified atom stereocenters. The third-order valence-electron chi connectivity index (χ3n) is 3.89. The second-order valence-electron chi connectivity index (χ2n) is 6.73. The summed E-state index contributed by atoms with van der Waals surface area (Å²) in [5, 5.41) is 16.1. The lowest BCUT2D eigenvalue weighted by atomic mass is 10.0. The van der Waals surface area contributed by atoms with Crippen molar-refractivity contribution in [2.75, 3.05) is 27.2 Å². The van der Waals surface area contributed by atoms with Crippen LogP contribution in [0.4, 0.5) is 4.79 Å². The first-order valence-corrected chi connectivity index (χ1v) is 8.36. The molecule has 2 atom stereocenters. The molecule has 2 rings (SSSR count). The monoisotopic (exact) mass is 345 g/mol. The molecule has 1 aromatic heterocycles. The maximum atomic E-state index is 12.3. The number of rotatable bonds is 8. The minimum absolute atomic E-state index is 0.0361. The Bertz CT molecular complexity index is 639. The first-order valence-electron chi connectivity index (χ1n) is 8.36. The predicted molar refractivity (Wildman–Crippen MR) is 97.3 cm³/mol. The van der Waals surface area contributed by atoms with Crippen molar-refractivity contribution in [1.82, 2.24) is 15.5 Å². The number of benzene rings is 1. The van der Waals surface area contributed by atoms with Gasteiger partial charge in [0, 0.05) is 12.6 Å². The summed E-state index contributed by atoms with van der Waals surface area (Å²) in [7, 11) is 3.94. The molecular formula is C19H27N3O3. The van der Waals surface area contributed by atoms with Crippen molar-refractivity contribution in [3.8, 4) is 0 Å². The topological polar surface area (TPSA) is 77.7 Å². The average Bonchev–Trinajstić information content (AvgIpc) is 3.09. The second kappa shape index (κ2) is 8.69. The zero-order valence-electron chi connectivity index (χ0n) is 15.0. The van der Waals surface area contributed by atoms with Gasteiger partial charge in [0.15, 0.2) is 0 Å². The molecule has 0 bridgehead atoms. The van der Waals surface area contributed by atoms with E-state index in [-0.39, 0.29) is 18.6 Å². The number of aliphatic hydroxyl groups is 1. The highest BCUT2D eigenvalue weighted by Crippen LogP contribution is 2.19. The van der Waals surface area contributed by atoms with E-state index >= 15 is 0 Å². The summed E-state index contributed by atoms with van der Waals surface area (Å²) in [6, 6.07) is 13.1. The van der Waals surface area contributed by atoms with E-state index in [0.717, 1.165) is 18.5 Å². The van der Waals surface area contributed by atoms with Crippen LogP contribution in [0.2, 0.25) is 0 Å². The summed E-state index contributed by atoms with van der Waals surface area (Å²) in [4.78, 5) is 14.3. The van der Waals surface area contributed by atoms with Gasteiger partial charge < -0.3 is 25.1 Å². The number of hydrogen-bond donors (Lipinski definition) is 3. The number of urea groups is 1. The zero-order valence-corrected chi connectivity index (χ0v) is 15.0. The number of nitrogens with one attached hydrogen (secondary N) is 2. The molecule has 1 aromatic carbocycles. The summed E-state index contributed by atoms with van der Waals surface area (Å²) >= 11 is 0. The fourth-order valence-corrected chi connectivity index (χ4v) is 2.66. The molecular weight excluding hydrogens is 318 g/mol. The van der Waals surface area contributed by atoms with Crippen LogP contribution in [-0.4, -0.2) is 49.3 Å². The Labute approximate surface area is 148 Å². The molecule has 0 aliphatic rings. The van der Waals surface area contributed by atoms with Gasteiger partial charge in [0.1, 0.15) is 11.4 Å². The number of amides is 2. The Morgan fingerprint density at radius 2 is 1.96 bits per heavy atom. The largest absolute Gasteiger partial charge is 0.466 e. The third kappa shape index (κ3) is 6.25. The minimum atomic E-state index is -1.25. The molecule has 1 heterocycles. The fraction of sp³-hybridized carbons (Fsp3) is 0.421. The number of furan rings is 1. The van der Waals surface area contributed by atoms with Gasteiger partial charge in [-0.2, -0.15) is 0 Å². The SMILES string of the molecule is CN(C)CC(Cc1ccccc1)NC(=O)NCC(C)(O)c1ccco1. The molecule has 25 heavy (non-hydrogen) atoms. The van der Waals surface area contributed by atoms with Gasteiger partial charge in [-0.1, -0.05) is 30.3 Å². The van der Waals surface area contributed by atoms with E-state index in [1.807, 2.05) is 49.3 Å². The van der Waals surface area contributed by atoms with Crippen molar-refractivity contribution in [3.63, 3.8) is 0 Å². The van der Waals surface area contributed by atoms with E-state index in [2.05, 4.69) is 10.6 Å². The molecule has 0 aliphatic heterocycles. The molecule has 0 radical (unpaired) electrons. The summed E-state index contributed by atoms with van der Waals surface area (Å²) in [6.45, 7) is 2.39. The number of carbonyl (C=O) groups is 1. The minimum Gasteiger partial charge on any atom is -0.466 e. The van der Waals surface area contributed by atoms with Crippen LogP contribution in [0.5, 0.6) is 0 Å². The fourth-order valence-electron chi connectivity index (χ4n) is 2.66. The van der Waals surface area contributed by atoms with Gasteiger partial charge in [0.25, 0.3) is 0 Å². The molecule has 6 nitrogen and oxygen atoms in total. The van der Waals surface area contributed by atoms with Crippen LogP contribution in [0.1, 0.15) is 18.2 Å². The summed E-state index contributed by atoms with van der Waals surface area (Å²) < 4.78 is 5.21. The van der Waals surface area contributed by atoms with E-state index in [0.29, 0.717) is 5.76 Å². The number of hydrogen-bond acceptors (Lipinski definition) is 4. The highest BCUT2D eigenvalue weighted by atomic mass is 16.4. The van der Waals surface area contributed by atoms with Gasteiger partial charge in [-0.3, -0.25) is 0 Å². The van der Waals surface area contributed by atoms with Crippen LogP contribution >= 0.6 is 0 Å². The Hall–Kier alpha value is -2.31. The van der Waals surface area contributed by atoms with Crippen molar-refractivity contribution in [2.45, 2.75) is 25.0 Å². The van der Waals surface area contributed by atoms with Crippen LogP contribution in [0.15, 0.2) is 53.1 Å². The molecule has 6 heteroatoms. The van der Waals surface area contributed by atoms with Crippen molar-refractivity contribution in [3.05, 3.63) is 60.1 Å². The second-order valence-corrected chi connectivity index (χ2v) is 6.73. The Morgan fingerprint density at radius 3 is 2.56 bits per heavy atom. The number of likely N-dealkylation sites (N-methyl/N-ethyl adjacent to an activating group) is 1. The van der Waals surface area contributed by atoms with Gasteiger partial charge in [0.2, 0.25) is 0 Å². The van der Waals surface area contributed by atoms with Crippen LogP contribution < -0.4 is 10.6 Å². The van der Waals surface area contributed by atoms with Crippen molar-refractivity contribution in [1.29, 1.82) is 0 Å². The number of nitrogens with zero attached hydrogens (tertiary/aromatic N) is 1. The molecule has 0 spiro atoms. The summed E-state index contributed by atoms with van der Waals surface area (Å²) in [5.74, 6) is 0.418. The van der Waals surface area contributed by atoms with E-state index < -0.39 is 5.60 Å². The van der Waals surface area contributed by atoms with Crippen LogP contribution in [0.3, 0.4) is 0 Å². The molecule has 3 N–H and O–H groups in total. The lowest BCUT2D eigenvalue weighted by Gasteiger charge is -2.25. The first-order chi connectivity index (χ1) is 11.9. The predicted octanol–water partition coefficient (Wildman–Crippen LogP) is 1.96. The molecule has 0 fully saturated rings. The number of carbonyl (C=O) groups excluding carboxylic acids is 1. The van der Waals surface area contributed by atoms with Crippen molar-refractivity contribution in [2.24, 2.45) is 0 Å². The molecule has 136 valence electrons. The Kier molecular flexibility index (Phi) is 6.61. The normalized spacial score (nSPS) is 14.8. The van der Waals surface area contributed by atoms with E-state index in [1.54, 1.807) is 19.1 Å². The van der Waals surface area contributed by atoms with Crippen LogP contribution in [0.25, 0.3) is 0 Å². The maximum Gasteiger partial charge on any atom is 0.315 e. The van der Waals surface area contributed by atoms with Gasteiger partial charge in [0.05, 0.1) is 12.8 Å². The van der Waals surface area contributed by atoms with Gasteiger partial charge in [-0.05, 0) is 45.1 Å². The zero-order chi connectivity index (χ0) is 18.3. The third-order valence-corrected chi connectivity index (χ3v) is 3.89. The standard InChI is InChI=1S/C19H27N3O3/c1-19(24,17-10-7-11-25-17)14-20-18(23)21-16(13-22(2)3)12-15-8-5-4-6-9-15/h4-11,16,24H,12-14H2,1-3H3,(H2,20,21,23). The van der Waals surface area contributed by atoms with Crippen LogP contribution in [-0.2, 0) is 12.0 Å². The van der Waals surface area contributed by atoms with E-state index in [4.69, 9.17) is 4.42 Å². The molecule has 0 saturated carbocycles. The highest BCUT2D eigenvalue weighted by molar-refractivity contribution is 5.74. The van der Waals surface area contributed by atoms with Gasteiger partial charge in [-0.15, -0.1) is 0 Å². The van der Waals surface area contributed by atoms with Crippen molar-refractivity contribution >= 4 is 6.03 Å². The maximum absolute atomic E-state index is 12.3.